The minimum absolute atomic E-state index is 0.0863. The number of aliphatic carboxylic acids is 1. The maximum atomic E-state index is 13.2. The first kappa shape index (κ1) is 27.6. The van der Waals surface area contributed by atoms with Gasteiger partial charge >= 0.3 is 11.9 Å². The predicted octanol–water partition coefficient (Wildman–Crippen LogP) is 7.48. The van der Waals surface area contributed by atoms with Gasteiger partial charge in [0.2, 0.25) is 0 Å². The van der Waals surface area contributed by atoms with Gasteiger partial charge in [-0.05, 0) is 25.3 Å². The molecule has 34 heavy (non-hydrogen) atoms. The van der Waals surface area contributed by atoms with Crippen LogP contribution in [-0.2, 0) is 11.3 Å². The van der Waals surface area contributed by atoms with Crippen LogP contribution < -0.4 is 0 Å². The lowest BCUT2D eigenvalue weighted by Crippen LogP contribution is -2.13. The standard InChI is InChI=1S/C28H41NO5/c1-2-3-4-5-6-7-8-9-12-19-24(30)26-22-17-14-15-18-23(22)29(27(26)28(33)34)21-16-11-10-13-20-25(31)32/h14-15,17-18H,2-13,16,19-21H2,1H3,(H,31,32)(H,33,34). The molecule has 0 aliphatic carbocycles. The third-order valence-corrected chi connectivity index (χ3v) is 6.48. The lowest BCUT2D eigenvalue weighted by atomic mass is 10.0. The number of ketones is 1. The number of hydrogen-bond acceptors (Lipinski definition) is 3. The molecule has 6 nitrogen and oxygen atoms in total. The topological polar surface area (TPSA) is 96.6 Å². The second-order valence-electron chi connectivity index (χ2n) is 9.26. The molecule has 1 heterocycles. The van der Waals surface area contributed by atoms with Gasteiger partial charge < -0.3 is 14.8 Å². The van der Waals surface area contributed by atoms with Gasteiger partial charge in [-0.1, -0.05) is 89.3 Å². The van der Waals surface area contributed by atoms with Crippen LogP contribution in [0.15, 0.2) is 24.3 Å². The van der Waals surface area contributed by atoms with E-state index >= 15 is 0 Å². The van der Waals surface area contributed by atoms with Crippen molar-refractivity contribution in [2.24, 2.45) is 0 Å². The summed E-state index contributed by atoms with van der Waals surface area (Å²) in [6.45, 7) is 2.72. The lowest BCUT2D eigenvalue weighted by molar-refractivity contribution is -0.137. The Kier molecular flexibility index (Phi) is 12.4. The van der Waals surface area contributed by atoms with E-state index in [-0.39, 0.29) is 17.9 Å². The fraction of sp³-hybridized carbons (Fsp3) is 0.607. The number of carboxylic acids is 2. The van der Waals surface area contributed by atoms with Crippen LogP contribution >= 0.6 is 0 Å². The number of benzene rings is 1. The molecule has 2 aromatic rings. The highest BCUT2D eigenvalue weighted by molar-refractivity contribution is 6.15. The van der Waals surface area contributed by atoms with Crippen molar-refractivity contribution in [1.29, 1.82) is 0 Å². The Labute approximate surface area is 203 Å². The number of aryl methyl sites for hydroxylation is 1. The van der Waals surface area contributed by atoms with Crippen molar-refractivity contribution in [3.05, 3.63) is 35.5 Å². The molecule has 0 spiro atoms. The van der Waals surface area contributed by atoms with E-state index in [0.29, 0.717) is 30.3 Å². The first-order valence-electron chi connectivity index (χ1n) is 13.1. The number of aromatic nitrogens is 1. The van der Waals surface area contributed by atoms with Crippen molar-refractivity contribution < 1.29 is 24.6 Å². The maximum Gasteiger partial charge on any atom is 0.353 e. The number of rotatable bonds is 19. The Morgan fingerprint density at radius 2 is 1.29 bits per heavy atom. The summed E-state index contributed by atoms with van der Waals surface area (Å²) in [5.41, 5.74) is 1.21. The van der Waals surface area contributed by atoms with Crippen molar-refractivity contribution in [3.63, 3.8) is 0 Å². The Balaban J connectivity index is 1.99. The summed E-state index contributed by atoms with van der Waals surface area (Å²) in [5, 5.41) is 19.5. The van der Waals surface area contributed by atoms with E-state index in [4.69, 9.17) is 5.11 Å². The first-order chi connectivity index (χ1) is 16.5. The average Bonchev–Trinajstić information content (AvgIpc) is 3.14. The molecule has 2 N–H and O–H groups in total. The van der Waals surface area contributed by atoms with Crippen molar-refractivity contribution in [1.82, 2.24) is 4.57 Å². The molecule has 0 atom stereocenters. The number of hydrogen-bond donors (Lipinski definition) is 2. The lowest BCUT2D eigenvalue weighted by Gasteiger charge is -2.09. The molecular weight excluding hydrogens is 430 g/mol. The third kappa shape index (κ3) is 8.62. The summed E-state index contributed by atoms with van der Waals surface area (Å²) < 4.78 is 1.76. The summed E-state index contributed by atoms with van der Waals surface area (Å²) >= 11 is 0. The molecule has 0 bridgehead atoms. The molecule has 1 aromatic carbocycles. The fourth-order valence-electron chi connectivity index (χ4n) is 4.66. The van der Waals surface area contributed by atoms with Gasteiger partial charge in [-0.3, -0.25) is 9.59 Å². The molecule has 1 aromatic heterocycles. The second-order valence-corrected chi connectivity index (χ2v) is 9.26. The number of unbranched alkanes of at least 4 members (excludes halogenated alkanes) is 11. The highest BCUT2D eigenvalue weighted by Crippen LogP contribution is 2.29. The summed E-state index contributed by atoms with van der Waals surface area (Å²) in [6.07, 6.45) is 14.0. The van der Waals surface area contributed by atoms with Gasteiger partial charge in [0, 0.05) is 30.3 Å². The van der Waals surface area contributed by atoms with E-state index in [1.54, 1.807) is 4.57 Å². The molecule has 0 fully saturated rings. The molecule has 0 amide bonds. The van der Waals surface area contributed by atoms with Crippen molar-refractivity contribution in [2.75, 3.05) is 0 Å². The molecule has 0 unspecified atom stereocenters. The summed E-state index contributed by atoms with van der Waals surface area (Å²) in [4.78, 5) is 36.0. The van der Waals surface area contributed by atoms with Crippen molar-refractivity contribution >= 4 is 28.6 Å². The molecule has 2 rings (SSSR count). The largest absolute Gasteiger partial charge is 0.481 e. The zero-order valence-corrected chi connectivity index (χ0v) is 20.7. The SMILES string of the molecule is CCCCCCCCCCCC(=O)c1c(C(=O)O)n(CCCCCCC(=O)O)c2ccccc12. The number of para-hydroxylation sites is 1. The Morgan fingerprint density at radius 1 is 0.735 bits per heavy atom. The van der Waals surface area contributed by atoms with Crippen LogP contribution in [0.3, 0.4) is 0 Å². The fourth-order valence-corrected chi connectivity index (χ4v) is 4.66. The molecule has 0 aliphatic rings. The van der Waals surface area contributed by atoms with Gasteiger partial charge in [0.1, 0.15) is 5.69 Å². The summed E-state index contributed by atoms with van der Waals surface area (Å²) in [5.74, 6) is -1.95. The molecule has 0 saturated heterocycles. The van der Waals surface area contributed by atoms with Gasteiger partial charge in [-0.25, -0.2) is 4.79 Å². The van der Waals surface area contributed by atoms with Crippen LogP contribution in [0, 0.1) is 0 Å². The van der Waals surface area contributed by atoms with Gasteiger partial charge in [0.25, 0.3) is 0 Å². The zero-order valence-electron chi connectivity index (χ0n) is 20.7. The van der Waals surface area contributed by atoms with Crippen LogP contribution in [-0.4, -0.2) is 32.5 Å². The van der Waals surface area contributed by atoms with Crippen LogP contribution in [0.25, 0.3) is 10.9 Å². The number of nitrogens with zero attached hydrogens (tertiary/aromatic N) is 1. The highest BCUT2D eigenvalue weighted by atomic mass is 16.4. The number of carbonyl (C=O) groups is 3. The van der Waals surface area contributed by atoms with Gasteiger partial charge in [-0.15, -0.1) is 0 Å². The number of carboxylic acid groups (broad SMARTS) is 2. The highest BCUT2D eigenvalue weighted by Gasteiger charge is 2.26. The van der Waals surface area contributed by atoms with Crippen molar-refractivity contribution in [3.8, 4) is 0 Å². The monoisotopic (exact) mass is 471 g/mol. The number of aromatic carboxylic acids is 1. The molecule has 0 saturated carbocycles. The van der Waals surface area contributed by atoms with Gasteiger partial charge in [-0.2, -0.15) is 0 Å². The van der Waals surface area contributed by atoms with Crippen molar-refractivity contribution in [2.45, 2.75) is 110 Å². The normalized spacial score (nSPS) is 11.2. The second kappa shape index (κ2) is 15.3. The average molecular weight is 472 g/mol. The van der Waals surface area contributed by atoms with E-state index in [0.717, 1.165) is 44.0 Å². The van der Waals surface area contributed by atoms with E-state index in [1.165, 1.54) is 38.5 Å². The maximum absolute atomic E-state index is 13.2. The van der Waals surface area contributed by atoms with E-state index < -0.39 is 11.9 Å². The zero-order chi connectivity index (χ0) is 24.8. The quantitative estimate of drug-likeness (QED) is 0.163. The first-order valence-corrected chi connectivity index (χ1v) is 13.1. The van der Waals surface area contributed by atoms with Crippen LogP contribution in [0.5, 0.6) is 0 Å². The smallest absolute Gasteiger partial charge is 0.353 e. The van der Waals surface area contributed by atoms with Gasteiger partial charge in [0.15, 0.2) is 5.78 Å². The molecule has 0 radical (unpaired) electrons. The van der Waals surface area contributed by atoms with Gasteiger partial charge in [0.05, 0.1) is 5.56 Å². The van der Waals surface area contributed by atoms with E-state index in [2.05, 4.69) is 6.92 Å². The number of Topliss-reactive ketones (excluding diaryl/α,β-unsaturated/α-hetero) is 1. The molecular formula is C28H41NO5. The summed E-state index contributed by atoms with van der Waals surface area (Å²) in [6, 6.07) is 7.43. The Bertz CT molecular complexity index is 930. The minimum atomic E-state index is -1.07. The molecule has 0 aliphatic heterocycles. The van der Waals surface area contributed by atoms with Crippen LogP contribution in [0.1, 0.15) is 124 Å². The Hall–Kier alpha value is -2.63. The Morgan fingerprint density at radius 3 is 1.91 bits per heavy atom. The van der Waals surface area contributed by atoms with Crippen LogP contribution in [0.4, 0.5) is 0 Å². The molecule has 6 heteroatoms. The number of fused-ring (bicyclic) bond motifs is 1. The summed E-state index contributed by atoms with van der Waals surface area (Å²) in [7, 11) is 0. The predicted molar refractivity (Wildman–Crippen MR) is 136 cm³/mol. The third-order valence-electron chi connectivity index (χ3n) is 6.48. The number of carbonyl (C=O) groups excluding carboxylic acids is 1. The minimum Gasteiger partial charge on any atom is -0.481 e. The van der Waals surface area contributed by atoms with E-state index in [9.17, 15) is 19.5 Å². The van der Waals surface area contributed by atoms with Crippen LogP contribution in [0.2, 0.25) is 0 Å². The van der Waals surface area contributed by atoms with E-state index in [1.807, 2.05) is 24.3 Å². The molecule has 188 valence electrons.